The van der Waals surface area contributed by atoms with Gasteiger partial charge in [0.2, 0.25) is 0 Å². The molecule has 1 aliphatic carbocycles. The van der Waals surface area contributed by atoms with Crippen LogP contribution in [0, 0.1) is 27.7 Å². The summed E-state index contributed by atoms with van der Waals surface area (Å²) in [5.74, 6) is -2.09. The fourth-order valence-electron chi connectivity index (χ4n) is 11.0. The Labute approximate surface area is 560 Å². The highest BCUT2D eigenvalue weighted by Crippen LogP contribution is 2.46. The van der Waals surface area contributed by atoms with Gasteiger partial charge in [0.25, 0.3) is 0 Å². The van der Waals surface area contributed by atoms with Gasteiger partial charge in [-0.05, 0) is 141 Å². The van der Waals surface area contributed by atoms with Crippen LogP contribution in [0.15, 0.2) is 219 Å². The molecule has 11 aromatic rings. The number of aliphatic carboxylic acids is 3. The second-order valence-electron chi connectivity index (χ2n) is 21.9. The molecule has 5 heterocycles. The molecule has 6 aromatic carbocycles. The molecule has 12 rings (SSSR count). The fourth-order valence-corrected chi connectivity index (χ4v) is 16.3. The Balaban J connectivity index is 0.000000154. The number of carbonyl (C=O) groups is 3. The van der Waals surface area contributed by atoms with Gasteiger partial charge >= 0.3 is 17.9 Å². The Hall–Kier alpha value is -8.89. The summed E-state index contributed by atoms with van der Waals surface area (Å²) in [6.45, 7) is 7.05. The normalized spacial score (nSPS) is 12.5. The first kappa shape index (κ1) is 68.0. The number of hydrogen-bond acceptors (Lipinski definition) is 17. The zero-order chi connectivity index (χ0) is 67.6. The summed E-state index contributed by atoms with van der Waals surface area (Å²) < 4.78 is 81.3. The zero-order valence-electron chi connectivity index (χ0n) is 51.5. The molecule has 1 aliphatic rings. The van der Waals surface area contributed by atoms with Crippen molar-refractivity contribution in [2.45, 2.75) is 97.8 Å². The third-order valence-corrected chi connectivity index (χ3v) is 22.5. The van der Waals surface area contributed by atoms with E-state index in [-0.39, 0.29) is 34.3 Å². The Morgan fingerprint density at radius 2 is 0.989 bits per heavy atom. The molecule has 0 saturated carbocycles. The van der Waals surface area contributed by atoms with Gasteiger partial charge < -0.3 is 33.5 Å². The van der Waals surface area contributed by atoms with Crippen molar-refractivity contribution in [3.8, 4) is 22.3 Å². The molecule has 19 nitrogen and oxygen atoms in total. The van der Waals surface area contributed by atoms with E-state index in [0.29, 0.717) is 12.2 Å². The first-order valence-electron chi connectivity index (χ1n) is 28.6. The number of allylic oxidation sites excluding steroid dienone is 4. The van der Waals surface area contributed by atoms with Gasteiger partial charge in [-0.1, -0.05) is 107 Å². The van der Waals surface area contributed by atoms with Gasteiger partial charge in [-0.3, -0.25) is 14.4 Å². The lowest BCUT2D eigenvalue weighted by Gasteiger charge is -2.13. The van der Waals surface area contributed by atoms with Crippen LogP contribution in [0.3, 0.4) is 0 Å². The summed E-state index contributed by atoms with van der Waals surface area (Å²) in [6.07, 6.45) is 16.9. The van der Waals surface area contributed by atoms with Crippen LogP contribution in [0.5, 0.6) is 0 Å². The van der Waals surface area contributed by atoms with E-state index in [9.17, 15) is 55.0 Å². The number of hydrogen-bond donors (Lipinski definition) is 3. The van der Waals surface area contributed by atoms with Gasteiger partial charge in [0.15, 0.2) is 29.5 Å². The monoisotopic (exact) mass is 1390 g/mol. The third-order valence-electron chi connectivity index (χ3n) is 15.2. The lowest BCUT2D eigenvalue weighted by atomic mass is 9.94. The van der Waals surface area contributed by atoms with E-state index in [1.165, 1.54) is 60.4 Å². The predicted octanol–water partition coefficient (Wildman–Crippen LogP) is 13.9. The number of thiocarbonyl (C=S) groups is 1. The minimum absolute atomic E-state index is 0.150. The van der Waals surface area contributed by atoms with Crippen LogP contribution < -0.4 is 0 Å². The summed E-state index contributed by atoms with van der Waals surface area (Å²) in [5.41, 5.74) is 10.3. The number of aryl methyl sites for hydroxylation is 2. The molecule has 0 unspecified atom stereocenters. The summed E-state index contributed by atoms with van der Waals surface area (Å²) in [4.78, 5) is 49.6. The Kier molecular flexibility index (Phi) is 20.2. The number of benzene rings is 6. The van der Waals surface area contributed by atoms with Crippen molar-refractivity contribution in [2.24, 2.45) is 0 Å². The van der Waals surface area contributed by atoms with Crippen molar-refractivity contribution in [2.75, 3.05) is 18.8 Å². The summed E-state index contributed by atoms with van der Waals surface area (Å²) >= 11 is 10.0. The highest BCUT2D eigenvalue weighted by atomic mass is 32.2. The van der Waals surface area contributed by atoms with Crippen molar-refractivity contribution >= 4 is 138 Å². The Morgan fingerprint density at radius 3 is 1.43 bits per heavy atom. The van der Waals surface area contributed by atoms with Crippen molar-refractivity contribution in [1.82, 2.24) is 28.8 Å². The van der Waals surface area contributed by atoms with Gasteiger partial charge in [-0.2, -0.15) is 0 Å². The molecule has 482 valence electrons. The molecule has 5 aromatic heterocycles. The molecule has 3 N–H and O–H groups in total. The molecule has 0 bridgehead atoms. The van der Waals surface area contributed by atoms with E-state index >= 15 is 0 Å². The Morgan fingerprint density at radius 1 is 0.553 bits per heavy atom. The van der Waals surface area contributed by atoms with Gasteiger partial charge in [0.1, 0.15) is 31.7 Å². The molecule has 0 spiro atoms. The molecule has 26 heteroatoms. The number of rotatable bonds is 18. The van der Waals surface area contributed by atoms with Crippen LogP contribution in [-0.2, 0) is 63.5 Å². The zero-order valence-corrected chi connectivity index (χ0v) is 57.2. The lowest BCUT2D eigenvalue weighted by Crippen LogP contribution is -2.10. The SMILES string of the molecule is CS(=O)(=O)c1ccc(Sc2cn(CC(=O)O)c3cccc(-c4cncnc4)c23)cc1.Cc1c(Sc2ccc(S(C)(=O)=O)cc2)c2c(C3=CC=CCC3=S)cccc2n1CC(=O)O.Cc1noc(C)c1-c1cccc2c1c(Sc1ccc(S(C)(=O)=O)cc1)c(C)n2CC(=O)O. The molecule has 0 aliphatic heterocycles. The molecule has 0 radical (unpaired) electrons. The number of carboxylic acid groups (broad SMARTS) is 3. The molecule has 0 fully saturated rings. The predicted molar refractivity (Wildman–Crippen MR) is 370 cm³/mol. The molecule has 94 heavy (non-hydrogen) atoms. The summed E-state index contributed by atoms with van der Waals surface area (Å²) in [5, 5.41) is 35.1. The number of sulfone groups is 3. The quantitative estimate of drug-likeness (QED) is 0.0673. The maximum Gasteiger partial charge on any atom is 0.323 e. The molecule has 0 amide bonds. The van der Waals surface area contributed by atoms with Crippen LogP contribution in [0.2, 0.25) is 0 Å². The van der Waals surface area contributed by atoms with Gasteiger partial charge in [-0.25, -0.2) is 35.2 Å². The van der Waals surface area contributed by atoms with Gasteiger partial charge in [0, 0.05) is 117 Å². The summed E-state index contributed by atoms with van der Waals surface area (Å²) in [7, 11) is -9.84. The van der Waals surface area contributed by atoms with Crippen LogP contribution in [0.25, 0.3) is 60.5 Å². The first-order chi connectivity index (χ1) is 44.6. The highest BCUT2D eigenvalue weighted by molar-refractivity contribution is 8.00. The molecular formula is C68H60N6O13S7. The number of nitrogens with zero attached hydrogens (tertiary/aromatic N) is 6. The van der Waals surface area contributed by atoms with Crippen molar-refractivity contribution in [3.05, 3.63) is 199 Å². The van der Waals surface area contributed by atoms with Crippen LogP contribution in [-0.4, -0.2) is 111 Å². The van der Waals surface area contributed by atoms with E-state index in [4.69, 9.17) is 16.7 Å². The average Bonchev–Trinajstić information content (AvgIpc) is 1.61. The fraction of sp³-hybridized carbons (Fsp3) is 0.162. The molecule has 0 atom stereocenters. The van der Waals surface area contributed by atoms with Crippen LogP contribution in [0.1, 0.15) is 34.8 Å². The van der Waals surface area contributed by atoms with Crippen molar-refractivity contribution in [3.63, 3.8) is 0 Å². The topological polar surface area (TPSA) is 281 Å². The van der Waals surface area contributed by atoms with Gasteiger partial charge in [0.05, 0.1) is 36.9 Å². The number of aromatic nitrogens is 6. The van der Waals surface area contributed by atoms with Gasteiger partial charge in [-0.15, -0.1) is 0 Å². The number of carboxylic acids is 3. The smallest absolute Gasteiger partial charge is 0.323 e. The second-order valence-corrected chi connectivity index (χ2v) is 31.7. The van der Waals surface area contributed by atoms with E-state index in [0.717, 1.165) is 117 Å². The average molecular weight is 1390 g/mol. The van der Waals surface area contributed by atoms with Crippen LogP contribution >= 0.6 is 47.5 Å². The maximum atomic E-state index is 11.8. The minimum atomic E-state index is -3.29. The molecule has 0 saturated heterocycles. The van der Waals surface area contributed by atoms with E-state index in [2.05, 4.69) is 15.1 Å². The maximum absolute atomic E-state index is 11.8. The van der Waals surface area contributed by atoms with Crippen molar-refractivity contribution < 1.29 is 59.5 Å². The largest absolute Gasteiger partial charge is 0.480 e. The Bertz CT molecular complexity index is 5210. The third kappa shape index (κ3) is 15.0. The second kappa shape index (κ2) is 28.0. The van der Waals surface area contributed by atoms with Crippen LogP contribution in [0.4, 0.5) is 0 Å². The highest BCUT2D eigenvalue weighted by Gasteiger charge is 2.26. The summed E-state index contributed by atoms with van der Waals surface area (Å²) in [6, 6.07) is 37.4. The van der Waals surface area contributed by atoms with Crippen molar-refractivity contribution in [1.29, 1.82) is 0 Å². The number of fused-ring (bicyclic) bond motifs is 3. The first-order valence-corrected chi connectivity index (χ1v) is 37.1. The van der Waals surface area contributed by atoms with E-state index in [1.807, 2.05) is 101 Å². The standard InChI is InChI=1S/C24H21NO4S3.C23H22N2O5S2.C21H17N3O4S2/c1-15-24(31-16-10-12-17(13-11-16)32(2,28)29)23-19(18-6-3-4-9-21(18)30)7-5-8-20(23)25(15)14-22(26)27;1-13-21(15(3)30-24-13)18-6-5-7-19-22(18)23(14(2)25(19)12-20(26)27)31-16-8-10-17(11-9-16)32(4,28)29;1-30(27,28)16-7-5-15(6-8-16)29-19-11-24(12-20(25)26)18-4-2-3-17(21(18)19)14-9-22-13-23-10-14/h3-8,10-13H,9,14H2,1-2H3,(H,26,27);5-11H,12H2,1-4H3,(H,26,27);2-11,13H,12H2,1H3,(H,25,26). The van der Waals surface area contributed by atoms with E-state index < -0.39 is 47.4 Å². The minimum Gasteiger partial charge on any atom is -0.480 e. The lowest BCUT2D eigenvalue weighted by molar-refractivity contribution is -0.138. The molecular weight excluding hydrogens is 1330 g/mol. The van der Waals surface area contributed by atoms with E-state index in [1.54, 1.807) is 105 Å².